The molecular weight excluding hydrogens is 877 g/mol. The zero-order valence-electron chi connectivity index (χ0n) is 45.9. The molecule has 0 spiro atoms. The molecule has 0 aromatic rings. The van der Waals surface area contributed by atoms with Gasteiger partial charge < -0.3 is 33.2 Å². The average molecular weight is 983 g/mol. The number of hydrogen-bond donors (Lipinski definition) is 0. The molecule has 0 aliphatic carbocycles. The molecule has 0 N–H and O–H groups in total. The molecular formula is C57H106O12. The highest BCUT2D eigenvalue weighted by molar-refractivity contribution is 5.71. The van der Waals surface area contributed by atoms with Crippen LogP contribution in [0.5, 0.6) is 0 Å². The molecule has 2 atom stereocenters. The molecule has 0 aromatic heterocycles. The van der Waals surface area contributed by atoms with Crippen LogP contribution in [0.1, 0.15) is 280 Å². The first-order valence-electron chi connectivity index (χ1n) is 28.3. The van der Waals surface area contributed by atoms with Gasteiger partial charge in [0.1, 0.15) is 13.2 Å². The predicted molar refractivity (Wildman–Crippen MR) is 277 cm³/mol. The lowest BCUT2D eigenvalue weighted by molar-refractivity contribution is -0.195. The second-order valence-corrected chi connectivity index (χ2v) is 20.7. The van der Waals surface area contributed by atoms with Gasteiger partial charge in [-0.1, -0.05) is 195 Å². The van der Waals surface area contributed by atoms with Gasteiger partial charge in [0.05, 0.1) is 26.4 Å². The first kappa shape index (κ1) is 66.3. The van der Waals surface area contributed by atoms with Gasteiger partial charge in [-0.2, -0.15) is 0 Å². The molecule has 0 heterocycles. The van der Waals surface area contributed by atoms with Crippen LogP contribution in [0.15, 0.2) is 0 Å². The second kappa shape index (κ2) is 44.0. The van der Waals surface area contributed by atoms with Gasteiger partial charge in [-0.3, -0.25) is 24.0 Å². The fourth-order valence-electron chi connectivity index (χ4n) is 8.10. The molecule has 0 rings (SSSR count). The largest absolute Gasteiger partial charge is 0.461 e. The summed E-state index contributed by atoms with van der Waals surface area (Å²) < 4.78 is 42.1. The SMILES string of the molecule is CCCCCCCCC(=O)OCC(C)(COCC(C)(COCC(C)(COC(=O)CCCCCCCC)OC(=O)CCCCCCCC)OC(=O)CCCCCCCC)OC(=O)CCCCCCCC. The number of hydrogen-bond acceptors (Lipinski definition) is 12. The fraction of sp³-hybridized carbons (Fsp3) is 0.912. The number of ether oxygens (including phenoxy) is 7. The van der Waals surface area contributed by atoms with Gasteiger partial charge in [-0.15, -0.1) is 0 Å². The van der Waals surface area contributed by atoms with Crippen LogP contribution >= 0.6 is 0 Å². The van der Waals surface area contributed by atoms with Crippen molar-refractivity contribution in [3.8, 4) is 0 Å². The zero-order valence-corrected chi connectivity index (χ0v) is 45.9. The summed E-state index contributed by atoms with van der Waals surface area (Å²) in [5, 5.41) is 0. The Morgan fingerprint density at radius 2 is 0.449 bits per heavy atom. The summed E-state index contributed by atoms with van der Waals surface area (Å²) in [4.78, 5) is 65.6. The van der Waals surface area contributed by atoms with Crippen molar-refractivity contribution in [1.82, 2.24) is 0 Å². The van der Waals surface area contributed by atoms with E-state index in [1.165, 1.54) is 25.7 Å². The van der Waals surface area contributed by atoms with Gasteiger partial charge in [0, 0.05) is 32.1 Å². The zero-order chi connectivity index (χ0) is 51.3. The Balaban J connectivity index is 6.12. The van der Waals surface area contributed by atoms with Crippen LogP contribution < -0.4 is 0 Å². The van der Waals surface area contributed by atoms with Crippen LogP contribution in [0.4, 0.5) is 0 Å². The van der Waals surface area contributed by atoms with Crippen molar-refractivity contribution < 1.29 is 57.1 Å². The topological polar surface area (TPSA) is 150 Å². The maximum absolute atomic E-state index is 13.4. The Morgan fingerprint density at radius 1 is 0.261 bits per heavy atom. The molecule has 0 amide bonds. The molecule has 69 heavy (non-hydrogen) atoms. The summed E-state index contributed by atoms with van der Waals surface area (Å²) >= 11 is 0. The number of unbranched alkanes of at least 4 members (excludes halogenated alkanes) is 25. The van der Waals surface area contributed by atoms with E-state index in [1.807, 2.05) is 0 Å². The van der Waals surface area contributed by atoms with E-state index < -0.39 is 34.7 Å². The van der Waals surface area contributed by atoms with E-state index in [0.29, 0.717) is 19.3 Å². The van der Waals surface area contributed by atoms with Gasteiger partial charge in [0.2, 0.25) is 0 Å². The van der Waals surface area contributed by atoms with E-state index in [2.05, 4.69) is 34.6 Å². The van der Waals surface area contributed by atoms with E-state index in [1.54, 1.807) is 20.8 Å². The minimum absolute atomic E-state index is 0.132. The van der Waals surface area contributed by atoms with Gasteiger partial charge in [-0.05, 0) is 52.9 Å². The van der Waals surface area contributed by atoms with E-state index in [9.17, 15) is 24.0 Å². The Labute approximate surface area is 422 Å². The predicted octanol–water partition coefficient (Wildman–Crippen LogP) is 14.8. The summed E-state index contributed by atoms with van der Waals surface area (Å²) in [5.41, 5.74) is -3.92. The highest BCUT2D eigenvalue weighted by Gasteiger charge is 2.37. The van der Waals surface area contributed by atoms with Gasteiger partial charge >= 0.3 is 29.8 Å². The van der Waals surface area contributed by atoms with Gasteiger partial charge in [0.25, 0.3) is 0 Å². The molecule has 0 bridgehead atoms. The Bertz CT molecular complexity index is 1210. The van der Waals surface area contributed by atoms with E-state index in [0.717, 1.165) is 148 Å². The molecule has 12 heteroatoms. The molecule has 0 radical (unpaired) electrons. The van der Waals surface area contributed by atoms with Crippen molar-refractivity contribution in [1.29, 1.82) is 0 Å². The summed E-state index contributed by atoms with van der Waals surface area (Å²) in [6.07, 6.45) is 32.1. The normalized spacial score (nSPS) is 14.0. The molecule has 0 fully saturated rings. The van der Waals surface area contributed by atoms with Crippen LogP contribution in [0.3, 0.4) is 0 Å². The quantitative estimate of drug-likeness (QED) is 0.0324. The minimum atomic E-state index is -1.31. The van der Waals surface area contributed by atoms with Crippen molar-refractivity contribution in [3.63, 3.8) is 0 Å². The maximum Gasteiger partial charge on any atom is 0.306 e. The third-order valence-corrected chi connectivity index (χ3v) is 12.5. The average Bonchev–Trinajstić information content (AvgIpc) is 3.30. The molecule has 0 aliphatic heterocycles. The lowest BCUT2D eigenvalue weighted by Crippen LogP contribution is -2.48. The molecule has 12 nitrogen and oxygen atoms in total. The summed E-state index contributed by atoms with van der Waals surface area (Å²) in [6.45, 7) is 15.1. The molecule has 406 valence electrons. The number of carbonyl (C=O) groups excluding carboxylic acids is 5. The molecule has 0 saturated carbocycles. The highest BCUT2D eigenvalue weighted by Crippen LogP contribution is 2.23. The Kier molecular flexibility index (Phi) is 42.3. The van der Waals surface area contributed by atoms with Crippen molar-refractivity contribution in [2.24, 2.45) is 0 Å². The van der Waals surface area contributed by atoms with E-state index >= 15 is 0 Å². The van der Waals surface area contributed by atoms with Crippen LogP contribution in [0.25, 0.3) is 0 Å². The van der Waals surface area contributed by atoms with E-state index in [-0.39, 0.29) is 83.7 Å². The van der Waals surface area contributed by atoms with Crippen LogP contribution in [0, 0.1) is 0 Å². The van der Waals surface area contributed by atoms with Crippen LogP contribution in [-0.2, 0) is 57.1 Å². The van der Waals surface area contributed by atoms with Gasteiger partial charge in [0.15, 0.2) is 16.8 Å². The van der Waals surface area contributed by atoms with E-state index in [4.69, 9.17) is 33.2 Å². The number of rotatable bonds is 50. The minimum Gasteiger partial charge on any atom is -0.461 e. The van der Waals surface area contributed by atoms with Crippen molar-refractivity contribution in [3.05, 3.63) is 0 Å². The Hall–Kier alpha value is -2.73. The smallest absolute Gasteiger partial charge is 0.306 e. The number of carbonyl (C=O) groups is 5. The monoisotopic (exact) mass is 983 g/mol. The van der Waals surface area contributed by atoms with Crippen LogP contribution in [-0.4, -0.2) is 86.3 Å². The lowest BCUT2D eigenvalue weighted by Gasteiger charge is -2.34. The van der Waals surface area contributed by atoms with Crippen molar-refractivity contribution in [2.75, 3.05) is 39.6 Å². The summed E-state index contributed by atoms with van der Waals surface area (Å²) in [5.74, 6) is -1.88. The molecule has 0 aromatic carbocycles. The van der Waals surface area contributed by atoms with Crippen molar-refractivity contribution >= 4 is 29.8 Å². The molecule has 0 saturated heterocycles. The standard InChI is InChI=1S/C57H106O12/c1-9-14-19-24-29-34-39-50(58)65-48-56(7,68-53(61)42-37-32-27-22-17-12-4)46-63-44-55(6,67-52(60)41-36-31-26-21-16-11-3)45-64-47-57(8,69-54(62)43-38-33-28-23-18-13-5)49-66-51(59)40-35-30-25-20-15-10-2/h9-49H2,1-8H3. The first-order valence-corrected chi connectivity index (χ1v) is 28.3. The summed E-state index contributed by atoms with van der Waals surface area (Å²) in [6, 6.07) is 0. The third-order valence-electron chi connectivity index (χ3n) is 12.5. The Morgan fingerprint density at radius 3 is 0.681 bits per heavy atom. The second-order valence-electron chi connectivity index (χ2n) is 20.7. The van der Waals surface area contributed by atoms with Gasteiger partial charge in [-0.25, -0.2) is 0 Å². The van der Waals surface area contributed by atoms with Crippen molar-refractivity contribution in [2.45, 2.75) is 297 Å². The molecule has 2 unspecified atom stereocenters. The lowest BCUT2D eigenvalue weighted by atomic mass is 10.1. The molecule has 0 aliphatic rings. The highest BCUT2D eigenvalue weighted by atomic mass is 16.6. The van der Waals surface area contributed by atoms with Crippen LogP contribution in [0.2, 0.25) is 0 Å². The first-order chi connectivity index (χ1) is 33.2. The summed E-state index contributed by atoms with van der Waals surface area (Å²) in [7, 11) is 0. The third kappa shape index (κ3) is 40.6. The fourth-order valence-corrected chi connectivity index (χ4v) is 8.10. The number of esters is 5. The maximum atomic E-state index is 13.4.